The normalized spacial score (nSPS) is 25.4. The average Bonchev–Trinajstić information content (AvgIpc) is 2.99. The molecule has 2 atom stereocenters. The Kier molecular flexibility index (Phi) is 5.36. The molecule has 2 saturated heterocycles. The number of hydrogen-bond donors (Lipinski definition) is 1. The van der Waals surface area contributed by atoms with Crippen LogP contribution in [0.25, 0.3) is 0 Å². The SMILES string of the molecule is O=C(CCSc1ccc2c(c1)OCCO2)N1CC[C@@H]2CNC[C@@H]2CC1. The smallest absolute Gasteiger partial charge is 0.223 e. The zero-order valence-electron chi connectivity index (χ0n) is 14.5. The summed E-state index contributed by atoms with van der Waals surface area (Å²) in [6.07, 6.45) is 2.91. The van der Waals surface area contributed by atoms with Crippen LogP contribution in [0.15, 0.2) is 23.1 Å². The molecule has 136 valence electrons. The first-order valence-electron chi connectivity index (χ1n) is 9.30. The summed E-state index contributed by atoms with van der Waals surface area (Å²) in [7, 11) is 0. The van der Waals surface area contributed by atoms with Gasteiger partial charge in [-0.25, -0.2) is 0 Å². The lowest BCUT2D eigenvalue weighted by Crippen LogP contribution is -2.32. The highest BCUT2D eigenvalue weighted by Crippen LogP contribution is 2.34. The van der Waals surface area contributed by atoms with E-state index in [0.717, 1.165) is 73.0 Å². The summed E-state index contributed by atoms with van der Waals surface area (Å²) in [6.45, 7) is 5.33. The zero-order chi connectivity index (χ0) is 17.1. The van der Waals surface area contributed by atoms with E-state index < -0.39 is 0 Å². The van der Waals surface area contributed by atoms with Crippen molar-refractivity contribution >= 4 is 17.7 Å². The first-order valence-corrected chi connectivity index (χ1v) is 10.3. The predicted octanol–water partition coefficient (Wildman–Crippen LogP) is 2.40. The van der Waals surface area contributed by atoms with Crippen LogP contribution in [-0.2, 0) is 4.79 Å². The van der Waals surface area contributed by atoms with Crippen LogP contribution in [0.3, 0.4) is 0 Å². The third-order valence-electron chi connectivity index (χ3n) is 5.47. The highest BCUT2D eigenvalue weighted by molar-refractivity contribution is 7.99. The monoisotopic (exact) mass is 362 g/mol. The van der Waals surface area contributed by atoms with E-state index in [1.54, 1.807) is 11.8 Å². The summed E-state index contributed by atoms with van der Waals surface area (Å²) in [5.41, 5.74) is 0. The van der Waals surface area contributed by atoms with Gasteiger partial charge in [0.2, 0.25) is 5.91 Å². The third-order valence-corrected chi connectivity index (χ3v) is 6.47. The van der Waals surface area contributed by atoms with Crippen molar-refractivity contribution in [3.05, 3.63) is 18.2 Å². The van der Waals surface area contributed by atoms with Gasteiger partial charge in [0.05, 0.1) is 0 Å². The fourth-order valence-electron chi connectivity index (χ4n) is 4.00. The largest absolute Gasteiger partial charge is 0.486 e. The number of thioether (sulfide) groups is 1. The van der Waals surface area contributed by atoms with Crippen LogP contribution in [0, 0.1) is 11.8 Å². The number of carbonyl (C=O) groups is 1. The van der Waals surface area contributed by atoms with Crippen LogP contribution in [0.4, 0.5) is 0 Å². The number of nitrogens with zero attached hydrogens (tertiary/aromatic N) is 1. The van der Waals surface area contributed by atoms with Crippen LogP contribution in [-0.4, -0.2) is 56.0 Å². The van der Waals surface area contributed by atoms with Crippen molar-refractivity contribution in [3.8, 4) is 11.5 Å². The van der Waals surface area contributed by atoms with Crippen molar-refractivity contribution < 1.29 is 14.3 Å². The topological polar surface area (TPSA) is 50.8 Å². The van der Waals surface area contributed by atoms with Gasteiger partial charge < -0.3 is 19.7 Å². The highest BCUT2D eigenvalue weighted by Gasteiger charge is 2.31. The van der Waals surface area contributed by atoms with Gasteiger partial charge in [0.25, 0.3) is 0 Å². The summed E-state index contributed by atoms with van der Waals surface area (Å²) in [5.74, 6) is 4.28. The van der Waals surface area contributed by atoms with Crippen LogP contribution in [0.5, 0.6) is 11.5 Å². The molecular formula is C19H26N2O3S. The Labute approximate surface area is 153 Å². The molecule has 25 heavy (non-hydrogen) atoms. The Bertz CT molecular complexity index is 611. The summed E-state index contributed by atoms with van der Waals surface area (Å²) >= 11 is 1.71. The Hall–Kier alpha value is -1.40. The molecule has 1 aromatic carbocycles. The molecule has 0 aromatic heterocycles. The van der Waals surface area contributed by atoms with E-state index in [4.69, 9.17) is 9.47 Å². The molecule has 4 rings (SSSR count). The molecule has 1 aromatic rings. The van der Waals surface area contributed by atoms with Gasteiger partial charge in [0, 0.05) is 30.2 Å². The molecule has 2 fully saturated rings. The van der Waals surface area contributed by atoms with Crippen LogP contribution in [0.1, 0.15) is 19.3 Å². The van der Waals surface area contributed by atoms with E-state index in [0.29, 0.717) is 25.5 Å². The van der Waals surface area contributed by atoms with Gasteiger partial charge in [0.1, 0.15) is 13.2 Å². The molecular weight excluding hydrogens is 336 g/mol. The van der Waals surface area contributed by atoms with Gasteiger partial charge in [-0.2, -0.15) is 0 Å². The summed E-state index contributed by atoms with van der Waals surface area (Å²) in [5, 5.41) is 3.48. The second-order valence-electron chi connectivity index (χ2n) is 7.04. The van der Waals surface area contributed by atoms with E-state index in [9.17, 15) is 4.79 Å². The number of nitrogens with one attached hydrogen (secondary N) is 1. The fraction of sp³-hybridized carbons (Fsp3) is 0.632. The Morgan fingerprint density at radius 2 is 1.84 bits per heavy atom. The number of amides is 1. The quantitative estimate of drug-likeness (QED) is 0.834. The lowest BCUT2D eigenvalue weighted by atomic mass is 9.92. The van der Waals surface area contributed by atoms with Gasteiger partial charge >= 0.3 is 0 Å². The maximum absolute atomic E-state index is 12.5. The summed E-state index contributed by atoms with van der Waals surface area (Å²) < 4.78 is 11.2. The van der Waals surface area contributed by atoms with Crippen molar-refractivity contribution in [1.29, 1.82) is 0 Å². The molecule has 1 amide bonds. The van der Waals surface area contributed by atoms with Crippen molar-refractivity contribution in [3.63, 3.8) is 0 Å². The molecule has 3 aliphatic rings. The second-order valence-corrected chi connectivity index (χ2v) is 8.21. The van der Waals surface area contributed by atoms with Gasteiger partial charge in [-0.05, 0) is 56.0 Å². The van der Waals surface area contributed by atoms with Gasteiger partial charge in [-0.15, -0.1) is 11.8 Å². The molecule has 0 bridgehead atoms. The Balaban J connectivity index is 1.25. The maximum Gasteiger partial charge on any atom is 0.223 e. The van der Waals surface area contributed by atoms with Gasteiger partial charge in [0.15, 0.2) is 11.5 Å². The van der Waals surface area contributed by atoms with Crippen LogP contribution in [0.2, 0.25) is 0 Å². The number of carbonyl (C=O) groups excluding carboxylic acids is 1. The van der Waals surface area contributed by atoms with Gasteiger partial charge in [-0.3, -0.25) is 4.79 Å². The first-order chi connectivity index (χ1) is 12.3. The number of fused-ring (bicyclic) bond motifs is 2. The lowest BCUT2D eigenvalue weighted by molar-refractivity contribution is -0.130. The van der Waals surface area contributed by atoms with E-state index in [2.05, 4.69) is 10.2 Å². The fourth-order valence-corrected chi connectivity index (χ4v) is 4.86. The molecule has 5 nitrogen and oxygen atoms in total. The zero-order valence-corrected chi connectivity index (χ0v) is 15.4. The van der Waals surface area contributed by atoms with Crippen molar-refractivity contribution in [1.82, 2.24) is 10.2 Å². The highest BCUT2D eigenvalue weighted by atomic mass is 32.2. The Morgan fingerprint density at radius 3 is 2.60 bits per heavy atom. The first kappa shape index (κ1) is 17.0. The molecule has 3 heterocycles. The standard InChI is InChI=1S/C19H26N2O3S/c22-19(21-6-3-14-12-20-13-15(14)4-7-21)5-10-25-16-1-2-17-18(11-16)24-9-8-23-17/h1-2,11,14-15,20H,3-10,12-13H2/t14-,15+. The summed E-state index contributed by atoms with van der Waals surface area (Å²) in [4.78, 5) is 15.8. The van der Waals surface area contributed by atoms with E-state index in [1.807, 2.05) is 18.2 Å². The molecule has 0 saturated carbocycles. The maximum atomic E-state index is 12.5. The minimum Gasteiger partial charge on any atom is -0.486 e. The lowest BCUT2D eigenvalue weighted by Gasteiger charge is -2.21. The Morgan fingerprint density at radius 1 is 1.12 bits per heavy atom. The number of benzene rings is 1. The van der Waals surface area contributed by atoms with Crippen LogP contribution >= 0.6 is 11.8 Å². The number of ether oxygens (including phenoxy) is 2. The molecule has 6 heteroatoms. The molecule has 1 N–H and O–H groups in total. The average molecular weight is 362 g/mol. The molecule has 3 aliphatic heterocycles. The number of likely N-dealkylation sites (tertiary alicyclic amines) is 1. The van der Waals surface area contributed by atoms with Crippen molar-refractivity contribution in [2.75, 3.05) is 45.1 Å². The second kappa shape index (κ2) is 7.87. The number of hydrogen-bond acceptors (Lipinski definition) is 5. The molecule has 0 spiro atoms. The minimum atomic E-state index is 0.304. The van der Waals surface area contributed by atoms with Crippen molar-refractivity contribution in [2.45, 2.75) is 24.2 Å². The van der Waals surface area contributed by atoms with Crippen LogP contribution < -0.4 is 14.8 Å². The minimum absolute atomic E-state index is 0.304. The summed E-state index contributed by atoms with van der Waals surface area (Å²) in [6, 6.07) is 6.02. The molecule has 0 unspecified atom stereocenters. The van der Waals surface area contributed by atoms with Gasteiger partial charge in [-0.1, -0.05) is 0 Å². The predicted molar refractivity (Wildman–Crippen MR) is 98.4 cm³/mol. The van der Waals surface area contributed by atoms with E-state index >= 15 is 0 Å². The van der Waals surface area contributed by atoms with E-state index in [-0.39, 0.29) is 0 Å². The molecule has 0 radical (unpaired) electrons. The van der Waals surface area contributed by atoms with E-state index in [1.165, 1.54) is 0 Å². The third kappa shape index (κ3) is 4.06. The number of rotatable bonds is 4. The molecule has 0 aliphatic carbocycles. The van der Waals surface area contributed by atoms with Crippen molar-refractivity contribution in [2.24, 2.45) is 11.8 Å².